The van der Waals surface area contributed by atoms with Crippen molar-refractivity contribution in [3.8, 4) is 11.5 Å². The molecule has 30 heavy (non-hydrogen) atoms. The van der Waals surface area contributed by atoms with Gasteiger partial charge in [0.25, 0.3) is 0 Å². The first-order valence-corrected chi connectivity index (χ1v) is 11.4. The van der Waals surface area contributed by atoms with Gasteiger partial charge < -0.3 is 14.8 Å². The number of ether oxygens (including phenoxy) is 2. The number of hydrogen-bond donors (Lipinski definition) is 1. The van der Waals surface area contributed by atoms with Gasteiger partial charge in [-0.15, -0.1) is 0 Å². The number of nitrogens with zero attached hydrogens (tertiary/aromatic N) is 1. The van der Waals surface area contributed by atoms with E-state index >= 15 is 0 Å². The van der Waals surface area contributed by atoms with Crippen molar-refractivity contribution in [2.45, 2.75) is 12.8 Å². The zero-order valence-electron chi connectivity index (χ0n) is 16.7. The van der Waals surface area contributed by atoms with Gasteiger partial charge in [0.1, 0.15) is 23.9 Å². The Kier molecular flexibility index (Phi) is 8.73. The number of rotatable bonds is 11. The molecule has 7 nitrogen and oxygen atoms in total. The highest BCUT2D eigenvalue weighted by atomic mass is 35.5. The van der Waals surface area contributed by atoms with Gasteiger partial charge >= 0.3 is 0 Å². The lowest BCUT2D eigenvalue weighted by Crippen LogP contribution is -2.33. The van der Waals surface area contributed by atoms with Gasteiger partial charge in [0.05, 0.1) is 30.6 Å². The molecule has 1 amide bonds. The minimum atomic E-state index is -3.61. The molecule has 0 spiro atoms. The summed E-state index contributed by atoms with van der Waals surface area (Å²) in [5, 5.41) is 2.55. The van der Waals surface area contributed by atoms with Crippen molar-refractivity contribution in [3.63, 3.8) is 0 Å². The van der Waals surface area contributed by atoms with Gasteiger partial charge in [-0.1, -0.05) is 17.7 Å². The number of benzene rings is 2. The molecule has 1 N–H and O–H groups in total. The summed E-state index contributed by atoms with van der Waals surface area (Å²) >= 11 is 5.75. The summed E-state index contributed by atoms with van der Waals surface area (Å²) in [4.78, 5) is 12.0. The van der Waals surface area contributed by atoms with E-state index in [4.69, 9.17) is 21.1 Å². The second-order valence-corrected chi connectivity index (χ2v) is 8.73. The number of hydrogen-bond acceptors (Lipinski definition) is 5. The molecule has 0 atom stereocenters. The molecule has 0 heterocycles. The molecule has 2 rings (SSSR count). The van der Waals surface area contributed by atoms with Crippen molar-refractivity contribution in [1.29, 1.82) is 0 Å². The Labute approximate surface area is 180 Å². The fourth-order valence-corrected chi connectivity index (χ4v) is 3.78. The molecule has 164 valence electrons. The van der Waals surface area contributed by atoms with Gasteiger partial charge in [0.15, 0.2) is 0 Å². The van der Waals surface area contributed by atoms with Crippen LogP contribution in [0, 0.1) is 5.82 Å². The Morgan fingerprint density at radius 1 is 1.20 bits per heavy atom. The number of anilines is 1. The zero-order chi connectivity index (χ0) is 22.1. The van der Waals surface area contributed by atoms with Crippen molar-refractivity contribution in [1.82, 2.24) is 5.32 Å². The van der Waals surface area contributed by atoms with E-state index in [1.54, 1.807) is 31.4 Å². The highest BCUT2D eigenvalue weighted by molar-refractivity contribution is 7.92. The number of amides is 1. The summed E-state index contributed by atoms with van der Waals surface area (Å²) < 4.78 is 49.2. The van der Waals surface area contributed by atoms with E-state index in [0.29, 0.717) is 18.0 Å². The Bertz CT molecular complexity index is 971. The summed E-state index contributed by atoms with van der Waals surface area (Å²) in [5.74, 6) is 0.444. The van der Waals surface area contributed by atoms with Crippen LogP contribution in [0.25, 0.3) is 0 Å². The molecule has 0 saturated heterocycles. The highest BCUT2D eigenvalue weighted by Crippen LogP contribution is 2.24. The van der Waals surface area contributed by atoms with Crippen LogP contribution < -0.4 is 19.1 Å². The molecule has 0 bridgehead atoms. The van der Waals surface area contributed by atoms with Crippen LogP contribution in [0.4, 0.5) is 10.1 Å². The molecule has 0 saturated carbocycles. The summed E-state index contributed by atoms with van der Waals surface area (Å²) in [6.07, 6.45) is 1.45. The standard InChI is InChI=1S/C20H24ClFN2O5S/c1-28-16-5-3-6-17(14-16)29-12-10-23-20(25)7-4-11-24(30(2,26)27)15-8-9-19(22)18(21)13-15/h3,5-6,8-9,13-14H,4,7,10-12H2,1-2H3,(H,23,25). The lowest BCUT2D eigenvalue weighted by molar-refractivity contribution is -0.121. The molecule has 0 radical (unpaired) electrons. The van der Waals surface area contributed by atoms with E-state index < -0.39 is 15.8 Å². The van der Waals surface area contributed by atoms with E-state index in [0.717, 1.165) is 16.6 Å². The predicted molar refractivity (Wildman–Crippen MR) is 114 cm³/mol. The third-order valence-corrected chi connectivity index (χ3v) is 5.57. The molecular weight excluding hydrogens is 435 g/mol. The van der Waals surface area contributed by atoms with Gasteiger partial charge in [-0.2, -0.15) is 0 Å². The van der Waals surface area contributed by atoms with Gasteiger partial charge in [0.2, 0.25) is 15.9 Å². The molecule has 10 heteroatoms. The minimum Gasteiger partial charge on any atom is -0.497 e. The molecule has 0 aliphatic heterocycles. The molecule has 2 aromatic rings. The fraction of sp³-hybridized carbons (Fsp3) is 0.350. The maximum absolute atomic E-state index is 13.3. The first-order valence-electron chi connectivity index (χ1n) is 9.17. The predicted octanol–water partition coefficient (Wildman–Crippen LogP) is 3.23. The number of carbonyl (C=O) groups excluding carboxylic acids is 1. The molecule has 0 aliphatic carbocycles. The van der Waals surface area contributed by atoms with Crippen LogP contribution >= 0.6 is 11.6 Å². The van der Waals surface area contributed by atoms with Gasteiger partial charge in [-0.3, -0.25) is 9.10 Å². The first-order chi connectivity index (χ1) is 14.2. The average Bonchev–Trinajstić information content (AvgIpc) is 2.70. The molecule has 0 aromatic heterocycles. The summed E-state index contributed by atoms with van der Waals surface area (Å²) in [6.45, 7) is 0.649. The van der Waals surface area contributed by atoms with Crippen molar-refractivity contribution in [3.05, 3.63) is 53.3 Å². The maximum atomic E-state index is 13.3. The minimum absolute atomic E-state index is 0.0640. The van der Waals surface area contributed by atoms with Crippen molar-refractivity contribution in [2.75, 3.05) is 37.4 Å². The second kappa shape index (κ2) is 11.0. The number of halogens is 2. The van der Waals surface area contributed by atoms with Crippen molar-refractivity contribution < 1.29 is 27.1 Å². The van der Waals surface area contributed by atoms with Gasteiger partial charge in [0, 0.05) is 19.0 Å². The highest BCUT2D eigenvalue weighted by Gasteiger charge is 2.18. The maximum Gasteiger partial charge on any atom is 0.232 e. The van der Waals surface area contributed by atoms with E-state index in [1.165, 1.54) is 12.1 Å². The quantitative estimate of drug-likeness (QED) is 0.522. The van der Waals surface area contributed by atoms with E-state index in [2.05, 4.69) is 5.32 Å². The smallest absolute Gasteiger partial charge is 0.232 e. The SMILES string of the molecule is COc1cccc(OCCNC(=O)CCCN(c2ccc(F)c(Cl)c2)S(C)(=O)=O)c1. The second-order valence-electron chi connectivity index (χ2n) is 6.41. The molecule has 0 aliphatic rings. The van der Waals surface area contributed by atoms with Crippen LogP contribution in [-0.2, 0) is 14.8 Å². The number of methoxy groups -OCH3 is 1. The van der Waals surface area contributed by atoms with Crippen LogP contribution in [0.2, 0.25) is 5.02 Å². The van der Waals surface area contributed by atoms with Crippen LogP contribution in [0.1, 0.15) is 12.8 Å². The van der Waals surface area contributed by atoms with Crippen molar-refractivity contribution >= 4 is 33.2 Å². The topological polar surface area (TPSA) is 84.9 Å². The van der Waals surface area contributed by atoms with Gasteiger partial charge in [-0.05, 0) is 36.8 Å². The largest absolute Gasteiger partial charge is 0.497 e. The number of carbonyl (C=O) groups is 1. The van der Waals surface area contributed by atoms with E-state index in [9.17, 15) is 17.6 Å². The summed E-state index contributed by atoms with van der Waals surface area (Å²) in [5.41, 5.74) is 0.246. The Hall–Kier alpha value is -2.52. The normalized spacial score (nSPS) is 11.1. The number of nitrogens with one attached hydrogen (secondary N) is 1. The number of sulfonamides is 1. The third-order valence-electron chi connectivity index (χ3n) is 4.09. The summed E-state index contributed by atoms with van der Waals surface area (Å²) in [7, 11) is -2.05. The zero-order valence-corrected chi connectivity index (χ0v) is 18.3. The van der Waals surface area contributed by atoms with Gasteiger partial charge in [-0.25, -0.2) is 12.8 Å². The van der Waals surface area contributed by atoms with Crippen LogP contribution in [0.5, 0.6) is 11.5 Å². The Morgan fingerprint density at radius 3 is 2.60 bits per heavy atom. The fourth-order valence-electron chi connectivity index (χ4n) is 2.65. The molecule has 2 aromatic carbocycles. The molecule has 0 fully saturated rings. The van der Waals surface area contributed by atoms with Crippen LogP contribution in [0.15, 0.2) is 42.5 Å². The van der Waals surface area contributed by atoms with Crippen molar-refractivity contribution in [2.24, 2.45) is 0 Å². The molecular formula is C20H24ClFN2O5S. The Morgan fingerprint density at radius 2 is 1.93 bits per heavy atom. The van der Waals surface area contributed by atoms with E-state index in [-0.39, 0.29) is 42.6 Å². The summed E-state index contributed by atoms with van der Waals surface area (Å²) in [6, 6.07) is 10.8. The molecule has 0 unspecified atom stereocenters. The average molecular weight is 459 g/mol. The Balaban J connectivity index is 1.77. The van der Waals surface area contributed by atoms with Crippen LogP contribution in [-0.4, -0.2) is 47.4 Å². The third kappa shape index (κ3) is 7.38. The lowest BCUT2D eigenvalue weighted by atomic mass is 10.2. The van der Waals surface area contributed by atoms with Crippen LogP contribution in [0.3, 0.4) is 0 Å². The monoisotopic (exact) mass is 458 g/mol. The lowest BCUT2D eigenvalue weighted by Gasteiger charge is -2.22. The van der Waals surface area contributed by atoms with E-state index in [1.807, 2.05) is 0 Å². The first kappa shape index (κ1) is 23.8.